The van der Waals surface area contributed by atoms with Crippen molar-refractivity contribution in [2.45, 2.75) is 18.8 Å². The number of hydrogen-bond acceptors (Lipinski definition) is 4. The lowest BCUT2D eigenvalue weighted by Crippen LogP contribution is -1.87. The molecule has 0 atom stereocenters. The SMILES string of the molecule is Cn1cnc2c(Cl)nc3sc(C4CC4)nc3c21. The fourth-order valence-corrected chi connectivity index (χ4v) is 3.45. The number of pyridine rings is 1. The Hall–Kier alpha value is -1.20. The number of hydrogen-bond donors (Lipinski definition) is 0. The van der Waals surface area contributed by atoms with Crippen LogP contribution in [0.1, 0.15) is 23.8 Å². The van der Waals surface area contributed by atoms with Gasteiger partial charge in [0.2, 0.25) is 0 Å². The minimum atomic E-state index is 0.471. The molecule has 1 aliphatic carbocycles. The molecule has 6 heteroatoms. The van der Waals surface area contributed by atoms with Crippen LogP contribution in [-0.4, -0.2) is 19.5 Å². The maximum Gasteiger partial charge on any atom is 0.158 e. The molecule has 0 aliphatic heterocycles. The van der Waals surface area contributed by atoms with E-state index in [1.165, 1.54) is 17.8 Å². The molecule has 0 radical (unpaired) electrons. The van der Waals surface area contributed by atoms with Gasteiger partial charge in [-0.2, -0.15) is 0 Å². The van der Waals surface area contributed by atoms with E-state index in [1.54, 1.807) is 17.7 Å². The lowest BCUT2D eigenvalue weighted by Gasteiger charge is -1.96. The molecule has 3 aromatic heterocycles. The van der Waals surface area contributed by atoms with Gasteiger partial charge in [-0.05, 0) is 12.8 Å². The van der Waals surface area contributed by atoms with E-state index in [9.17, 15) is 0 Å². The highest BCUT2D eigenvalue weighted by Crippen LogP contribution is 2.44. The first kappa shape index (κ1) is 9.79. The number of rotatable bonds is 1. The standard InChI is InChI=1S/C11H9ClN4S/c1-16-4-13-6-8(16)7-11(15-9(6)12)17-10(14-7)5-2-3-5/h4-5H,2-3H2,1H3. The Kier molecular flexibility index (Phi) is 1.83. The molecule has 1 fully saturated rings. The van der Waals surface area contributed by atoms with Gasteiger partial charge in [0.05, 0.1) is 11.3 Å². The van der Waals surface area contributed by atoms with Gasteiger partial charge in [0.1, 0.15) is 21.4 Å². The van der Waals surface area contributed by atoms with Gasteiger partial charge in [-0.1, -0.05) is 22.9 Å². The van der Waals surface area contributed by atoms with Crippen LogP contribution in [0.3, 0.4) is 0 Å². The summed E-state index contributed by atoms with van der Waals surface area (Å²) >= 11 is 7.81. The first-order valence-electron chi connectivity index (χ1n) is 5.51. The van der Waals surface area contributed by atoms with E-state index >= 15 is 0 Å². The molecular weight excluding hydrogens is 256 g/mol. The van der Waals surface area contributed by atoms with Gasteiger partial charge in [0, 0.05) is 13.0 Å². The van der Waals surface area contributed by atoms with Gasteiger partial charge < -0.3 is 4.57 Å². The molecule has 0 bridgehead atoms. The molecule has 0 saturated heterocycles. The third kappa shape index (κ3) is 1.32. The van der Waals surface area contributed by atoms with E-state index in [0.29, 0.717) is 11.1 Å². The number of nitrogens with zero attached hydrogens (tertiary/aromatic N) is 4. The molecule has 4 rings (SSSR count). The van der Waals surface area contributed by atoms with Crippen LogP contribution in [0.15, 0.2) is 6.33 Å². The minimum absolute atomic E-state index is 0.471. The van der Waals surface area contributed by atoms with Gasteiger partial charge in [0.25, 0.3) is 0 Å². The predicted octanol–water partition coefficient (Wildman–Crippen LogP) is 3.11. The van der Waals surface area contributed by atoms with Crippen molar-refractivity contribution in [3.8, 4) is 0 Å². The number of halogens is 1. The fourth-order valence-electron chi connectivity index (χ4n) is 2.07. The molecule has 17 heavy (non-hydrogen) atoms. The monoisotopic (exact) mass is 264 g/mol. The Balaban J connectivity index is 2.16. The smallest absolute Gasteiger partial charge is 0.158 e. The summed E-state index contributed by atoms with van der Waals surface area (Å²) in [7, 11) is 1.96. The first-order chi connectivity index (χ1) is 8.24. The van der Waals surface area contributed by atoms with E-state index in [2.05, 4.69) is 9.97 Å². The van der Waals surface area contributed by atoms with E-state index in [0.717, 1.165) is 21.4 Å². The highest BCUT2D eigenvalue weighted by molar-refractivity contribution is 7.18. The van der Waals surface area contributed by atoms with Crippen molar-refractivity contribution < 1.29 is 0 Å². The van der Waals surface area contributed by atoms with Gasteiger partial charge >= 0.3 is 0 Å². The van der Waals surface area contributed by atoms with E-state index in [4.69, 9.17) is 16.6 Å². The molecule has 4 nitrogen and oxygen atoms in total. The number of fused-ring (bicyclic) bond motifs is 3. The lowest BCUT2D eigenvalue weighted by molar-refractivity contribution is 0.949. The molecule has 0 aromatic carbocycles. The topological polar surface area (TPSA) is 43.6 Å². The van der Waals surface area contributed by atoms with Gasteiger partial charge in [-0.3, -0.25) is 0 Å². The minimum Gasteiger partial charge on any atom is -0.332 e. The summed E-state index contributed by atoms with van der Waals surface area (Å²) in [5.41, 5.74) is 2.67. The second-order valence-electron chi connectivity index (χ2n) is 4.44. The Morgan fingerprint density at radius 2 is 2.18 bits per heavy atom. The van der Waals surface area contributed by atoms with Crippen LogP contribution >= 0.6 is 22.9 Å². The summed E-state index contributed by atoms with van der Waals surface area (Å²) in [5, 5.41) is 1.66. The maximum atomic E-state index is 6.15. The Morgan fingerprint density at radius 3 is 2.94 bits per heavy atom. The lowest BCUT2D eigenvalue weighted by atomic mass is 10.3. The molecule has 1 saturated carbocycles. The molecule has 0 N–H and O–H groups in total. The van der Waals surface area contributed by atoms with Crippen LogP contribution in [0.5, 0.6) is 0 Å². The number of thiazole rings is 1. The number of aryl methyl sites for hydroxylation is 1. The second-order valence-corrected chi connectivity index (χ2v) is 5.80. The quantitative estimate of drug-likeness (QED) is 0.635. The van der Waals surface area contributed by atoms with Crippen molar-refractivity contribution >= 4 is 44.3 Å². The molecule has 0 spiro atoms. The highest BCUT2D eigenvalue weighted by Gasteiger charge is 2.28. The van der Waals surface area contributed by atoms with E-state index in [-0.39, 0.29) is 0 Å². The van der Waals surface area contributed by atoms with Crippen molar-refractivity contribution in [1.29, 1.82) is 0 Å². The van der Waals surface area contributed by atoms with Gasteiger partial charge in [-0.25, -0.2) is 15.0 Å². The van der Waals surface area contributed by atoms with Crippen LogP contribution < -0.4 is 0 Å². The average molecular weight is 265 g/mol. The third-order valence-corrected chi connectivity index (χ3v) is 4.48. The number of imidazole rings is 1. The summed E-state index contributed by atoms with van der Waals surface area (Å²) in [6.45, 7) is 0. The molecule has 0 unspecified atom stereocenters. The second kappa shape index (κ2) is 3.17. The molecule has 0 amide bonds. The zero-order valence-corrected chi connectivity index (χ0v) is 10.7. The average Bonchev–Trinajstić information content (AvgIpc) is 2.95. The fraction of sp³-hybridized carbons (Fsp3) is 0.364. The third-order valence-electron chi connectivity index (χ3n) is 3.11. The van der Waals surface area contributed by atoms with Crippen LogP contribution in [0, 0.1) is 0 Å². The molecule has 1 aliphatic rings. The van der Waals surface area contributed by atoms with Gasteiger partial charge in [0.15, 0.2) is 5.15 Å². The van der Waals surface area contributed by atoms with E-state index < -0.39 is 0 Å². The van der Waals surface area contributed by atoms with E-state index in [1.807, 2.05) is 11.6 Å². The molecular formula is C11H9ClN4S. The molecule has 86 valence electrons. The Labute approximate surface area is 106 Å². The number of aromatic nitrogens is 4. The summed E-state index contributed by atoms with van der Waals surface area (Å²) < 4.78 is 1.96. The summed E-state index contributed by atoms with van der Waals surface area (Å²) in [6.07, 6.45) is 4.26. The molecule has 3 aromatic rings. The maximum absolute atomic E-state index is 6.15. The summed E-state index contributed by atoms with van der Waals surface area (Å²) in [4.78, 5) is 14.3. The predicted molar refractivity (Wildman–Crippen MR) is 68.7 cm³/mol. The molecule has 3 heterocycles. The van der Waals surface area contributed by atoms with Crippen molar-refractivity contribution in [2.75, 3.05) is 0 Å². The normalized spacial score (nSPS) is 16.1. The van der Waals surface area contributed by atoms with Crippen LogP contribution in [-0.2, 0) is 7.05 Å². The summed E-state index contributed by atoms with van der Waals surface area (Å²) in [5.74, 6) is 0.649. The largest absolute Gasteiger partial charge is 0.332 e. The van der Waals surface area contributed by atoms with Crippen LogP contribution in [0.25, 0.3) is 21.4 Å². The van der Waals surface area contributed by atoms with Crippen molar-refractivity contribution in [1.82, 2.24) is 19.5 Å². The van der Waals surface area contributed by atoms with Gasteiger partial charge in [-0.15, -0.1) is 0 Å². The summed E-state index contributed by atoms with van der Waals surface area (Å²) in [6, 6.07) is 0. The van der Waals surface area contributed by atoms with Crippen molar-refractivity contribution in [2.24, 2.45) is 7.05 Å². The Bertz CT molecular complexity index is 741. The zero-order chi connectivity index (χ0) is 11.6. The Morgan fingerprint density at radius 1 is 1.35 bits per heavy atom. The van der Waals surface area contributed by atoms with Crippen LogP contribution in [0.4, 0.5) is 0 Å². The first-order valence-corrected chi connectivity index (χ1v) is 6.70. The zero-order valence-electron chi connectivity index (χ0n) is 9.14. The highest BCUT2D eigenvalue weighted by atomic mass is 35.5. The van der Waals surface area contributed by atoms with Crippen LogP contribution in [0.2, 0.25) is 5.15 Å². The van der Waals surface area contributed by atoms with Crippen molar-refractivity contribution in [3.63, 3.8) is 0 Å². The van der Waals surface area contributed by atoms with Crippen molar-refractivity contribution in [3.05, 3.63) is 16.5 Å².